The van der Waals surface area contributed by atoms with Crippen molar-refractivity contribution in [2.45, 2.75) is 48.9 Å². The molecule has 2 atom stereocenters. The molecule has 1 aromatic rings. The number of aryl methyl sites for hydroxylation is 1. The molecule has 2 rings (SSSR count). The van der Waals surface area contributed by atoms with Gasteiger partial charge in [0.05, 0.1) is 0 Å². The summed E-state index contributed by atoms with van der Waals surface area (Å²) in [5.41, 5.74) is 0. The van der Waals surface area contributed by atoms with Gasteiger partial charge in [0.1, 0.15) is 16.3 Å². The molecule has 1 aromatic heterocycles. The van der Waals surface area contributed by atoms with Crippen LogP contribution in [-0.2, 0) is 19.6 Å². The zero-order valence-corrected chi connectivity index (χ0v) is 15.6. The Balaban J connectivity index is 2.16. The molecule has 1 amide bonds. The molecule has 1 fully saturated rings. The monoisotopic (exact) mass is 386 g/mol. The van der Waals surface area contributed by atoms with Crippen LogP contribution < -0.4 is 5.32 Å². The Kier molecular flexibility index (Phi) is 6.36. The topological polar surface area (TPSA) is 104 Å². The van der Waals surface area contributed by atoms with E-state index in [9.17, 15) is 23.1 Å². The van der Waals surface area contributed by atoms with Gasteiger partial charge < -0.3 is 10.4 Å². The van der Waals surface area contributed by atoms with Crippen LogP contribution in [0.25, 0.3) is 0 Å². The first-order valence-corrected chi connectivity index (χ1v) is 10.3. The van der Waals surface area contributed by atoms with Gasteiger partial charge in [0, 0.05) is 11.4 Å². The maximum Gasteiger partial charge on any atom is 0.326 e. The summed E-state index contributed by atoms with van der Waals surface area (Å²) in [7, 11) is -3.76. The molecule has 0 aromatic carbocycles. The molecule has 1 aliphatic heterocycles. The standard InChI is InChI=1S/C16H22N2O5S2/c1-3-4-6-12(16(20)21)17-15(19)13-7-5-10-18(13)25(22,23)14-9-8-11(2)24-14/h3,8-9,12-13H,1,4-7,10H2,2H3,(H,17,19)(H,20,21). The van der Waals surface area contributed by atoms with Crippen LogP contribution in [-0.4, -0.2) is 48.3 Å². The van der Waals surface area contributed by atoms with Crippen molar-refractivity contribution in [2.24, 2.45) is 0 Å². The van der Waals surface area contributed by atoms with Crippen LogP contribution in [0.2, 0.25) is 0 Å². The number of aliphatic carboxylic acids is 1. The molecule has 2 heterocycles. The van der Waals surface area contributed by atoms with E-state index >= 15 is 0 Å². The Morgan fingerprint density at radius 3 is 2.80 bits per heavy atom. The van der Waals surface area contributed by atoms with Gasteiger partial charge in [-0.05, 0) is 44.7 Å². The maximum atomic E-state index is 12.8. The van der Waals surface area contributed by atoms with Gasteiger partial charge in [0.2, 0.25) is 5.91 Å². The zero-order valence-electron chi connectivity index (χ0n) is 14.0. The van der Waals surface area contributed by atoms with Gasteiger partial charge in [-0.3, -0.25) is 4.79 Å². The summed E-state index contributed by atoms with van der Waals surface area (Å²) in [6, 6.07) is 1.32. The van der Waals surface area contributed by atoms with E-state index in [1.165, 1.54) is 10.4 Å². The Bertz CT molecular complexity index is 756. The molecule has 0 bridgehead atoms. The van der Waals surface area contributed by atoms with Crippen LogP contribution in [0.3, 0.4) is 0 Å². The minimum atomic E-state index is -3.76. The first-order valence-electron chi connectivity index (χ1n) is 7.99. The van der Waals surface area contributed by atoms with Gasteiger partial charge in [-0.1, -0.05) is 6.08 Å². The Hall–Kier alpha value is -1.71. The number of carbonyl (C=O) groups excluding carboxylic acids is 1. The van der Waals surface area contributed by atoms with Crippen LogP contribution in [0.5, 0.6) is 0 Å². The summed E-state index contributed by atoms with van der Waals surface area (Å²) in [5, 5.41) is 11.7. The molecular weight excluding hydrogens is 364 g/mol. The van der Waals surface area contributed by atoms with Gasteiger partial charge >= 0.3 is 5.97 Å². The predicted octanol–water partition coefficient (Wildman–Crippen LogP) is 1.75. The normalized spacial score (nSPS) is 19.5. The van der Waals surface area contributed by atoms with Crippen molar-refractivity contribution in [3.05, 3.63) is 29.7 Å². The quantitative estimate of drug-likeness (QED) is 0.663. The fraction of sp³-hybridized carbons (Fsp3) is 0.500. The highest BCUT2D eigenvalue weighted by Crippen LogP contribution is 2.30. The number of rotatable bonds is 8. The predicted molar refractivity (Wildman–Crippen MR) is 95.0 cm³/mol. The average molecular weight is 386 g/mol. The fourth-order valence-electron chi connectivity index (χ4n) is 2.77. The van der Waals surface area contributed by atoms with Crippen molar-refractivity contribution in [3.63, 3.8) is 0 Å². The van der Waals surface area contributed by atoms with Crippen molar-refractivity contribution in [1.82, 2.24) is 9.62 Å². The van der Waals surface area contributed by atoms with E-state index in [1.807, 2.05) is 6.92 Å². The van der Waals surface area contributed by atoms with E-state index in [-0.39, 0.29) is 17.2 Å². The lowest BCUT2D eigenvalue weighted by Crippen LogP contribution is -2.50. The van der Waals surface area contributed by atoms with Crippen molar-refractivity contribution < 1.29 is 23.1 Å². The van der Waals surface area contributed by atoms with E-state index in [4.69, 9.17) is 0 Å². The molecule has 138 valence electrons. The number of nitrogens with one attached hydrogen (secondary N) is 1. The number of sulfonamides is 1. The number of carboxylic acid groups (broad SMARTS) is 1. The number of hydrogen-bond acceptors (Lipinski definition) is 5. The van der Waals surface area contributed by atoms with E-state index in [2.05, 4.69) is 11.9 Å². The molecule has 1 saturated heterocycles. The lowest BCUT2D eigenvalue weighted by atomic mass is 10.1. The van der Waals surface area contributed by atoms with Crippen molar-refractivity contribution in [1.29, 1.82) is 0 Å². The first-order chi connectivity index (χ1) is 11.8. The largest absolute Gasteiger partial charge is 0.480 e. The van der Waals surface area contributed by atoms with Crippen LogP contribution in [0.4, 0.5) is 0 Å². The third-order valence-corrected chi connectivity index (χ3v) is 7.44. The lowest BCUT2D eigenvalue weighted by molar-refractivity contribution is -0.142. The number of carboxylic acids is 1. The zero-order chi connectivity index (χ0) is 18.6. The average Bonchev–Trinajstić information content (AvgIpc) is 3.20. The Labute approximate surface area is 151 Å². The molecule has 25 heavy (non-hydrogen) atoms. The summed E-state index contributed by atoms with van der Waals surface area (Å²) in [6.45, 7) is 5.60. The second-order valence-corrected chi connectivity index (χ2v) is 9.31. The molecule has 2 unspecified atom stereocenters. The van der Waals surface area contributed by atoms with Crippen LogP contribution >= 0.6 is 11.3 Å². The lowest BCUT2D eigenvalue weighted by Gasteiger charge is -2.24. The molecule has 7 nitrogen and oxygen atoms in total. The third kappa shape index (κ3) is 4.47. The van der Waals surface area contributed by atoms with Crippen molar-refractivity contribution in [2.75, 3.05) is 6.54 Å². The molecule has 1 aliphatic rings. The van der Waals surface area contributed by atoms with Crippen LogP contribution in [0, 0.1) is 6.92 Å². The van der Waals surface area contributed by atoms with Gasteiger partial charge in [0.25, 0.3) is 10.0 Å². The second kappa shape index (κ2) is 8.11. The van der Waals surface area contributed by atoms with E-state index < -0.39 is 34.0 Å². The second-order valence-electron chi connectivity index (χ2n) is 5.90. The SMILES string of the molecule is C=CCCC(NC(=O)C1CCCN1S(=O)(=O)c1ccc(C)s1)C(=O)O. The number of hydrogen-bond donors (Lipinski definition) is 2. The number of thiophene rings is 1. The van der Waals surface area contributed by atoms with Gasteiger partial charge in [-0.2, -0.15) is 4.31 Å². The van der Waals surface area contributed by atoms with Crippen molar-refractivity contribution >= 4 is 33.2 Å². The van der Waals surface area contributed by atoms with Crippen LogP contribution in [0.1, 0.15) is 30.6 Å². The summed E-state index contributed by atoms with van der Waals surface area (Å²) in [5.74, 6) is -1.71. The molecule has 0 saturated carbocycles. The van der Waals surface area contributed by atoms with E-state index in [1.54, 1.807) is 12.1 Å². The molecule has 0 spiro atoms. The molecule has 0 aliphatic carbocycles. The van der Waals surface area contributed by atoms with Crippen LogP contribution in [0.15, 0.2) is 29.0 Å². The molecular formula is C16H22N2O5S2. The van der Waals surface area contributed by atoms with Gasteiger partial charge in [-0.15, -0.1) is 17.9 Å². The molecule has 2 N–H and O–H groups in total. The van der Waals surface area contributed by atoms with E-state index in [0.29, 0.717) is 19.3 Å². The number of nitrogens with zero attached hydrogens (tertiary/aromatic N) is 1. The summed E-state index contributed by atoms with van der Waals surface area (Å²) < 4.78 is 26.9. The molecule has 0 radical (unpaired) electrons. The highest BCUT2D eigenvalue weighted by atomic mass is 32.2. The summed E-state index contributed by atoms with van der Waals surface area (Å²) in [6.07, 6.45) is 3.18. The summed E-state index contributed by atoms with van der Waals surface area (Å²) >= 11 is 1.16. The van der Waals surface area contributed by atoms with Gasteiger partial charge in [-0.25, -0.2) is 13.2 Å². The highest BCUT2D eigenvalue weighted by Gasteiger charge is 2.40. The number of amides is 1. The minimum absolute atomic E-state index is 0.200. The number of allylic oxidation sites excluding steroid dienone is 1. The fourth-order valence-corrected chi connectivity index (χ4v) is 5.84. The third-order valence-electron chi connectivity index (χ3n) is 4.06. The number of carbonyl (C=O) groups is 2. The van der Waals surface area contributed by atoms with Crippen molar-refractivity contribution in [3.8, 4) is 0 Å². The first kappa shape index (κ1) is 19.6. The van der Waals surface area contributed by atoms with Gasteiger partial charge in [0.15, 0.2) is 0 Å². The Morgan fingerprint density at radius 2 is 2.24 bits per heavy atom. The molecule has 9 heteroatoms. The minimum Gasteiger partial charge on any atom is -0.480 e. The highest BCUT2D eigenvalue weighted by molar-refractivity contribution is 7.91. The summed E-state index contributed by atoms with van der Waals surface area (Å²) in [4.78, 5) is 24.7. The van der Waals surface area contributed by atoms with E-state index in [0.717, 1.165) is 16.2 Å². The smallest absolute Gasteiger partial charge is 0.326 e. The maximum absolute atomic E-state index is 12.8. The Morgan fingerprint density at radius 1 is 1.52 bits per heavy atom.